The molecule has 1 aromatic carbocycles. The maximum Gasteiger partial charge on any atom is 0.304 e. The number of carboxylic acids is 1. The molecule has 16 heavy (non-hydrogen) atoms. The Balaban J connectivity index is 2.88. The molecule has 0 radical (unpaired) electrons. The molecular formula is C11H10Cl2O3. The minimum Gasteiger partial charge on any atom is -0.481 e. The quantitative estimate of drug-likeness (QED) is 0.846. The number of Topliss-reactive ketones (excluding diaryl/α,β-unsaturated/α-hetero) is 1. The van der Waals surface area contributed by atoms with Gasteiger partial charge >= 0.3 is 5.97 Å². The molecule has 1 atom stereocenters. The van der Waals surface area contributed by atoms with Gasteiger partial charge in [0.2, 0.25) is 0 Å². The number of aliphatic carboxylic acids is 1. The maximum absolute atomic E-state index is 11.8. The van der Waals surface area contributed by atoms with Crippen LogP contribution in [0, 0.1) is 5.92 Å². The number of benzene rings is 1. The van der Waals surface area contributed by atoms with Gasteiger partial charge in [-0.3, -0.25) is 9.59 Å². The topological polar surface area (TPSA) is 54.4 Å². The van der Waals surface area contributed by atoms with Gasteiger partial charge in [0.15, 0.2) is 5.78 Å². The lowest BCUT2D eigenvalue weighted by atomic mass is 9.96. The zero-order chi connectivity index (χ0) is 12.3. The van der Waals surface area contributed by atoms with Crippen LogP contribution in [0.4, 0.5) is 0 Å². The van der Waals surface area contributed by atoms with E-state index in [4.69, 9.17) is 28.3 Å². The molecule has 3 nitrogen and oxygen atoms in total. The van der Waals surface area contributed by atoms with Crippen LogP contribution in [0.15, 0.2) is 18.2 Å². The van der Waals surface area contributed by atoms with Crippen molar-refractivity contribution in [3.63, 3.8) is 0 Å². The Morgan fingerprint density at radius 2 is 1.94 bits per heavy atom. The van der Waals surface area contributed by atoms with Crippen molar-refractivity contribution in [2.75, 3.05) is 0 Å². The van der Waals surface area contributed by atoms with Gasteiger partial charge in [-0.05, 0) is 18.2 Å². The van der Waals surface area contributed by atoms with E-state index in [-0.39, 0.29) is 17.2 Å². The van der Waals surface area contributed by atoms with Crippen molar-refractivity contribution in [1.82, 2.24) is 0 Å². The molecule has 5 heteroatoms. The van der Waals surface area contributed by atoms with Crippen molar-refractivity contribution in [1.29, 1.82) is 0 Å². The molecule has 0 saturated heterocycles. The summed E-state index contributed by atoms with van der Waals surface area (Å²) in [5, 5.41) is 9.23. The average molecular weight is 261 g/mol. The number of halogens is 2. The van der Waals surface area contributed by atoms with Crippen LogP contribution in [0.2, 0.25) is 10.0 Å². The zero-order valence-corrected chi connectivity index (χ0v) is 10.0. The van der Waals surface area contributed by atoms with Gasteiger partial charge in [-0.2, -0.15) is 0 Å². The highest BCUT2D eigenvalue weighted by molar-refractivity contribution is 6.42. The summed E-state index contributed by atoms with van der Waals surface area (Å²) in [7, 11) is 0. The number of hydrogen-bond acceptors (Lipinski definition) is 2. The second-order valence-corrected chi connectivity index (χ2v) is 4.31. The number of ketones is 1. The maximum atomic E-state index is 11.8. The minimum atomic E-state index is -0.999. The molecule has 0 amide bonds. The summed E-state index contributed by atoms with van der Waals surface area (Å²) in [6, 6.07) is 4.50. The Kier molecular flexibility index (Phi) is 4.33. The molecule has 1 N–H and O–H groups in total. The fourth-order valence-electron chi connectivity index (χ4n) is 1.29. The molecular weight excluding hydrogens is 251 g/mol. The van der Waals surface area contributed by atoms with Gasteiger partial charge in [0.1, 0.15) is 0 Å². The Hall–Kier alpha value is -1.06. The third-order valence-corrected chi connectivity index (χ3v) is 2.87. The first-order valence-corrected chi connectivity index (χ1v) is 5.38. The Labute approximate surface area is 103 Å². The third-order valence-electron chi connectivity index (χ3n) is 2.13. The van der Waals surface area contributed by atoms with Crippen molar-refractivity contribution >= 4 is 35.0 Å². The van der Waals surface area contributed by atoms with Crippen LogP contribution in [0.25, 0.3) is 0 Å². The van der Waals surface area contributed by atoms with E-state index in [1.165, 1.54) is 18.2 Å². The molecule has 0 heterocycles. The van der Waals surface area contributed by atoms with E-state index < -0.39 is 11.9 Å². The summed E-state index contributed by atoms with van der Waals surface area (Å²) in [6.45, 7) is 1.57. The molecule has 86 valence electrons. The molecule has 1 rings (SSSR count). The van der Waals surface area contributed by atoms with E-state index in [1.54, 1.807) is 6.92 Å². The lowest BCUT2D eigenvalue weighted by Crippen LogP contribution is -2.15. The van der Waals surface area contributed by atoms with Crippen LogP contribution in [0.5, 0.6) is 0 Å². The predicted molar refractivity (Wildman–Crippen MR) is 62.2 cm³/mol. The van der Waals surface area contributed by atoms with E-state index in [1.807, 2.05) is 0 Å². The second-order valence-electron chi connectivity index (χ2n) is 3.49. The van der Waals surface area contributed by atoms with Crippen LogP contribution >= 0.6 is 23.2 Å². The van der Waals surface area contributed by atoms with E-state index in [9.17, 15) is 9.59 Å². The monoisotopic (exact) mass is 260 g/mol. The Morgan fingerprint density at radius 1 is 1.31 bits per heavy atom. The normalized spacial score (nSPS) is 12.2. The SMILES string of the molecule is CC(CC(=O)O)C(=O)c1ccc(Cl)c(Cl)c1. The van der Waals surface area contributed by atoms with Crippen LogP contribution in [-0.2, 0) is 4.79 Å². The third kappa shape index (κ3) is 3.22. The molecule has 1 aromatic rings. The van der Waals surface area contributed by atoms with Crippen molar-refractivity contribution in [2.45, 2.75) is 13.3 Å². The average Bonchev–Trinajstić information content (AvgIpc) is 2.20. The summed E-state index contributed by atoms with van der Waals surface area (Å²) in [5.74, 6) is -1.82. The number of carbonyl (C=O) groups excluding carboxylic acids is 1. The highest BCUT2D eigenvalue weighted by Gasteiger charge is 2.18. The summed E-state index contributed by atoms with van der Waals surface area (Å²) in [4.78, 5) is 22.2. The smallest absolute Gasteiger partial charge is 0.304 e. The van der Waals surface area contributed by atoms with Crippen LogP contribution in [0.3, 0.4) is 0 Å². The van der Waals surface area contributed by atoms with E-state index in [2.05, 4.69) is 0 Å². The fourth-order valence-corrected chi connectivity index (χ4v) is 1.59. The van der Waals surface area contributed by atoms with Gasteiger partial charge in [0.25, 0.3) is 0 Å². The standard InChI is InChI=1S/C11H10Cl2O3/c1-6(4-10(14)15)11(16)7-2-3-8(12)9(13)5-7/h2-3,5-6H,4H2,1H3,(H,14,15). The Bertz CT molecular complexity index is 429. The lowest BCUT2D eigenvalue weighted by Gasteiger charge is -2.08. The highest BCUT2D eigenvalue weighted by Crippen LogP contribution is 2.24. The summed E-state index contributed by atoms with van der Waals surface area (Å²) in [5.41, 5.74) is 0.378. The Morgan fingerprint density at radius 3 is 2.44 bits per heavy atom. The minimum absolute atomic E-state index is 0.195. The van der Waals surface area contributed by atoms with Crippen molar-refractivity contribution in [3.8, 4) is 0 Å². The van der Waals surface area contributed by atoms with Gasteiger partial charge in [-0.25, -0.2) is 0 Å². The molecule has 1 unspecified atom stereocenters. The van der Waals surface area contributed by atoms with E-state index >= 15 is 0 Å². The number of rotatable bonds is 4. The first kappa shape index (κ1) is 13.0. The zero-order valence-electron chi connectivity index (χ0n) is 8.54. The fraction of sp³-hybridized carbons (Fsp3) is 0.273. The van der Waals surface area contributed by atoms with Gasteiger partial charge in [0, 0.05) is 11.5 Å². The number of carbonyl (C=O) groups is 2. The predicted octanol–water partition coefficient (Wildman–Crippen LogP) is 3.29. The molecule has 0 fully saturated rings. The summed E-state index contributed by atoms with van der Waals surface area (Å²) >= 11 is 11.5. The summed E-state index contributed by atoms with van der Waals surface area (Å²) in [6.07, 6.45) is -0.195. The first-order valence-electron chi connectivity index (χ1n) is 4.63. The van der Waals surface area contributed by atoms with Gasteiger partial charge < -0.3 is 5.11 Å². The van der Waals surface area contributed by atoms with E-state index in [0.717, 1.165) is 0 Å². The molecule has 0 spiro atoms. The molecule has 0 aliphatic rings. The highest BCUT2D eigenvalue weighted by atomic mass is 35.5. The van der Waals surface area contributed by atoms with Crippen LogP contribution < -0.4 is 0 Å². The number of carboxylic acid groups (broad SMARTS) is 1. The van der Waals surface area contributed by atoms with Gasteiger partial charge in [-0.15, -0.1) is 0 Å². The molecule has 0 aliphatic carbocycles. The molecule has 0 bridgehead atoms. The first-order chi connectivity index (χ1) is 7.41. The molecule has 0 saturated carbocycles. The lowest BCUT2D eigenvalue weighted by molar-refractivity contribution is -0.137. The number of hydrogen-bond donors (Lipinski definition) is 1. The van der Waals surface area contributed by atoms with Crippen molar-refractivity contribution < 1.29 is 14.7 Å². The molecule has 0 aliphatic heterocycles. The van der Waals surface area contributed by atoms with Crippen LogP contribution in [-0.4, -0.2) is 16.9 Å². The second kappa shape index (κ2) is 5.32. The van der Waals surface area contributed by atoms with Crippen molar-refractivity contribution in [3.05, 3.63) is 33.8 Å². The largest absolute Gasteiger partial charge is 0.481 e. The summed E-state index contributed by atoms with van der Waals surface area (Å²) < 4.78 is 0. The van der Waals surface area contributed by atoms with Gasteiger partial charge in [-0.1, -0.05) is 30.1 Å². The van der Waals surface area contributed by atoms with Gasteiger partial charge in [0.05, 0.1) is 16.5 Å². The van der Waals surface area contributed by atoms with E-state index in [0.29, 0.717) is 10.6 Å². The van der Waals surface area contributed by atoms with Crippen molar-refractivity contribution in [2.24, 2.45) is 5.92 Å². The van der Waals surface area contributed by atoms with Crippen LogP contribution in [0.1, 0.15) is 23.7 Å². The molecule has 0 aromatic heterocycles.